The first-order valence-corrected chi connectivity index (χ1v) is 16.5. The van der Waals surface area contributed by atoms with Gasteiger partial charge < -0.3 is 20.9 Å². The summed E-state index contributed by atoms with van der Waals surface area (Å²) in [5.41, 5.74) is 9.24. The average molecular weight is 682 g/mol. The molecule has 4 N–H and O–H groups in total. The quantitative estimate of drug-likeness (QED) is 0.170. The van der Waals surface area contributed by atoms with Crippen molar-refractivity contribution in [3.05, 3.63) is 83.6 Å². The number of likely N-dealkylation sites (N-methyl/N-ethyl adjacent to an activating group) is 1. The topological polar surface area (TPSA) is 156 Å². The van der Waals surface area contributed by atoms with Crippen LogP contribution in [0.3, 0.4) is 0 Å². The fourth-order valence-electron chi connectivity index (χ4n) is 6.74. The van der Waals surface area contributed by atoms with Gasteiger partial charge in [-0.3, -0.25) is 18.7 Å². The molecule has 4 heterocycles. The van der Waals surface area contributed by atoms with Crippen LogP contribution in [0.4, 0.5) is 20.3 Å². The predicted octanol–water partition coefficient (Wildman–Crippen LogP) is 4.75. The van der Waals surface area contributed by atoms with Crippen molar-refractivity contribution in [2.45, 2.75) is 39.7 Å². The van der Waals surface area contributed by atoms with Gasteiger partial charge in [-0.1, -0.05) is 13.0 Å². The number of nitrogens with zero attached hydrogens (tertiary/aromatic N) is 7. The summed E-state index contributed by atoms with van der Waals surface area (Å²) in [5, 5.41) is 19.6. The fourth-order valence-corrected chi connectivity index (χ4v) is 6.74. The number of primary amides is 1. The summed E-state index contributed by atoms with van der Waals surface area (Å²) in [7, 11) is 2.04. The average Bonchev–Trinajstić information content (AvgIpc) is 3.69. The molecule has 12 nitrogen and oxygen atoms in total. The van der Waals surface area contributed by atoms with Crippen LogP contribution in [0.1, 0.15) is 41.4 Å². The number of aromatic nitrogens is 5. The van der Waals surface area contributed by atoms with Crippen LogP contribution in [0, 0.1) is 35.8 Å². The van der Waals surface area contributed by atoms with Gasteiger partial charge in [-0.25, -0.2) is 18.7 Å². The zero-order valence-electron chi connectivity index (χ0n) is 28.2. The molecular formula is C36H39F2N10O2+. The molecule has 2 aromatic carbocycles. The number of rotatable bonds is 11. The maximum atomic E-state index is 15.6. The Balaban J connectivity index is 1.17. The number of aryl methyl sites for hydroxylation is 2. The Labute approximate surface area is 288 Å². The smallest absolute Gasteiger partial charge is 0.272 e. The van der Waals surface area contributed by atoms with Gasteiger partial charge in [0.25, 0.3) is 11.8 Å². The maximum absolute atomic E-state index is 15.6. The normalized spacial score (nSPS) is 17.4. The number of fused-ring (bicyclic) bond motifs is 1. The molecule has 1 saturated heterocycles. The Hall–Kier alpha value is -5.68. The molecule has 0 spiro atoms. The van der Waals surface area contributed by atoms with E-state index in [1.165, 1.54) is 29.2 Å². The van der Waals surface area contributed by atoms with Crippen LogP contribution in [0.2, 0.25) is 0 Å². The summed E-state index contributed by atoms with van der Waals surface area (Å²) in [6, 6.07) is 10.4. The van der Waals surface area contributed by atoms with Gasteiger partial charge >= 0.3 is 0 Å². The van der Waals surface area contributed by atoms with Crippen LogP contribution < -0.4 is 16.4 Å². The number of quaternary nitrogens is 1. The fraction of sp³-hybridized carbons (Fsp3) is 0.333. The second-order valence-corrected chi connectivity index (χ2v) is 13.1. The van der Waals surface area contributed by atoms with Crippen molar-refractivity contribution in [3.8, 4) is 28.5 Å². The van der Waals surface area contributed by atoms with Crippen molar-refractivity contribution in [1.82, 2.24) is 29.5 Å². The molecule has 0 saturated carbocycles. The standard InChI is InChI=1S/C36H38F2N10O2/c1-4-24-17-25(5-6-26(24)36(50)43-18-23-9-15-48(3,16-10-23)21-31(40)49)44-34-35-42-19-30(47(35)14-12-41-34)28-8-7-27(32(37)33(28)38)29-20-46(13-11-39)45-22(29)2/h5-8,12,14,17,19-20,23H,4,9-10,13,15-16,18,21H2,1-3H3,(H3-,40,41,43,44,49,50)/p+1. The molecule has 6 rings (SSSR count). The zero-order valence-corrected chi connectivity index (χ0v) is 28.2. The Bertz CT molecular complexity index is 2130. The number of carbonyl (C=O) groups is 2. The molecule has 0 atom stereocenters. The molecule has 0 unspecified atom stereocenters. The first-order valence-electron chi connectivity index (χ1n) is 16.5. The monoisotopic (exact) mass is 681 g/mol. The van der Waals surface area contributed by atoms with Gasteiger partial charge in [0.1, 0.15) is 6.54 Å². The largest absolute Gasteiger partial charge is 0.365 e. The molecule has 50 heavy (non-hydrogen) atoms. The lowest BCUT2D eigenvalue weighted by Gasteiger charge is -2.39. The molecule has 5 aromatic rings. The van der Waals surface area contributed by atoms with Gasteiger partial charge in [-0.05, 0) is 49.1 Å². The van der Waals surface area contributed by atoms with Crippen molar-refractivity contribution in [2.24, 2.45) is 11.7 Å². The lowest BCUT2D eigenvalue weighted by molar-refractivity contribution is -0.907. The minimum Gasteiger partial charge on any atom is -0.365 e. The molecule has 258 valence electrons. The van der Waals surface area contributed by atoms with E-state index in [0.717, 1.165) is 31.5 Å². The SMILES string of the molecule is CCc1cc(Nc2nccn3c(-c4ccc(-c5cn(CC#N)nc5C)c(F)c4F)cnc23)ccc1C(=O)NCC1CC[N+](C)(CC(N)=O)CC1. The third-order valence-corrected chi connectivity index (χ3v) is 9.49. The Kier molecular flexibility index (Phi) is 9.61. The van der Waals surface area contributed by atoms with Crippen molar-refractivity contribution in [2.75, 3.05) is 38.5 Å². The summed E-state index contributed by atoms with van der Waals surface area (Å²) in [5.74, 6) is -1.76. The number of likely N-dealkylation sites (tertiary alicyclic amines) is 1. The number of nitrogens with two attached hydrogens (primary N) is 1. The first-order chi connectivity index (χ1) is 24.0. The Morgan fingerprint density at radius 3 is 2.56 bits per heavy atom. The first kappa shape index (κ1) is 34.2. The number of piperidine rings is 1. The third kappa shape index (κ3) is 6.90. The summed E-state index contributed by atoms with van der Waals surface area (Å²) in [4.78, 5) is 33.6. The van der Waals surface area contributed by atoms with Crippen LogP contribution in [0.5, 0.6) is 0 Å². The van der Waals surface area contributed by atoms with Gasteiger partial charge in [0, 0.05) is 65.9 Å². The summed E-state index contributed by atoms with van der Waals surface area (Å²) in [6.45, 7) is 6.24. The molecule has 3 aromatic heterocycles. The number of nitriles is 1. The van der Waals surface area contributed by atoms with E-state index in [4.69, 9.17) is 11.0 Å². The molecule has 0 radical (unpaired) electrons. The molecule has 0 bridgehead atoms. The second kappa shape index (κ2) is 14.0. The van der Waals surface area contributed by atoms with Crippen molar-refractivity contribution >= 4 is 29.0 Å². The van der Waals surface area contributed by atoms with Crippen LogP contribution in [-0.4, -0.2) is 73.7 Å². The zero-order chi connectivity index (χ0) is 35.6. The van der Waals surface area contributed by atoms with Gasteiger partial charge in [0.15, 0.2) is 29.6 Å². The van der Waals surface area contributed by atoms with Crippen LogP contribution >= 0.6 is 0 Å². The lowest BCUT2D eigenvalue weighted by atomic mass is 9.94. The number of nitrogens with one attached hydrogen (secondary N) is 2. The highest BCUT2D eigenvalue weighted by Gasteiger charge is 2.31. The maximum Gasteiger partial charge on any atom is 0.272 e. The number of anilines is 2. The number of carbonyl (C=O) groups excluding carboxylic acids is 2. The van der Waals surface area contributed by atoms with Crippen LogP contribution in [-0.2, 0) is 17.8 Å². The highest BCUT2D eigenvalue weighted by atomic mass is 19.2. The summed E-state index contributed by atoms with van der Waals surface area (Å²) < 4.78 is 34.7. The Morgan fingerprint density at radius 1 is 1.10 bits per heavy atom. The van der Waals surface area contributed by atoms with E-state index < -0.39 is 11.6 Å². The molecule has 14 heteroatoms. The van der Waals surface area contributed by atoms with Crippen molar-refractivity contribution in [1.29, 1.82) is 5.26 Å². The van der Waals surface area contributed by atoms with E-state index in [0.29, 0.717) is 69.6 Å². The van der Waals surface area contributed by atoms with Gasteiger partial charge in [0.2, 0.25) is 0 Å². The van der Waals surface area contributed by atoms with E-state index in [1.807, 2.05) is 26.1 Å². The van der Waals surface area contributed by atoms with E-state index in [2.05, 4.69) is 25.7 Å². The van der Waals surface area contributed by atoms with Gasteiger partial charge in [-0.15, -0.1) is 0 Å². The number of hydrogen-bond donors (Lipinski definition) is 3. The molecule has 1 fully saturated rings. The number of hydrogen-bond acceptors (Lipinski definition) is 7. The van der Waals surface area contributed by atoms with Crippen molar-refractivity contribution in [3.63, 3.8) is 0 Å². The molecular weight excluding hydrogens is 642 g/mol. The number of amides is 2. The Morgan fingerprint density at radius 2 is 1.84 bits per heavy atom. The highest BCUT2D eigenvalue weighted by Crippen LogP contribution is 2.34. The predicted molar refractivity (Wildman–Crippen MR) is 184 cm³/mol. The van der Waals surface area contributed by atoms with E-state index in [1.54, 1.807) is 35.9 Å². The second-order valence-electron chi connectivity index (χ2n) is 13.1. The molecule has 1 aliphatic heterocycles. The van der Waals surface area contributed by atoms with E-state index in [-0.39, 0.29) is 29.5 Å². The summed E-state index contributed by atoms with van der Waals surface area (Å²) >= 11 is 0. The van der Waals surface area contributed by atoms with Gasteiger partial charge in [-0.2, -0.15) is 10.4 Å². The van der Waals surface area contributed by atoms with Crippen molar-refractivity contribution < 1.29 is 22.9 Å². The number of halogens is 2. The van der Waals surface area contributed by atoms with E-state index in [9.17, 15) is 9.59 Å². The third-order valence-electron chi connectivity index (χ3n) is 9.49. The van der Waals surface area contributed by atoms with Crippen LogP contribution in [0.15, 0.2) is 55.1 Å². The van der Waals surface area contributed by atoms with Crippen LogP contribution in [0.25, 0.3) is 28.0 Å². The van der Waals surface area contributed by atoms with Gasteiger partial charge in [0.05, 0.1) is 43.8 Å². The minimum absolute atomic E-state index is 0.00323. The number of imidazole rings is 1. The highest BCUT2D eigenvalue weighted by molar-refractivity contribution is 5.96. The minimum atomic E-state index is -1.03. The number of benzene rings is 2. The molecule has 2 amide bonds. The molecule has 0 aliphatic carbocycles. The van der Waals surface area contributed by atoms with E-state index >= 15 is 8.78 Å². The molecule has 1 aliphatic rings. The summed E-state index contributed by atoms with van der Waals surface area (Å²) in [6.07, 6.45) is 8.59. The lowest BCUT2D eigenvalue weighted by Crippen LogP contribution is -2.54.